The van der Waals surface area contributed by atoms with Crippen molar-refractivity contribution in [2.45, 2.75) is 44.1 Å². The summed E-state index contributed by atoms with van der Waals surface area (Å²) >= 11 is 0. The highest BCUT2D eigenvalue weighted by atomic mass is 16.5. The number of nitrogens with one attached hydrogen (secondary N) is 2. The van der Waals surface area contributed by atoms with Crippen molar-refractivity contribution in [2.75, 3.05) is 13.2 Å². The fourth-order valence-electron chi connectivity index (χ4n) is 4.92. The lowest BCUT2D eigenvalue weighted by atomic mass is 9.82. The number of alkyl carbamates (subject to hydrolysis) is 1. The maximum absolute atomic E-state index is 12.6. The first kappa shape index (κ1) is 21.9. The van der Waals surface area contributed by atoms with Gasteiger partial charge in [-0.05, 0) is 41.0 Å². The van der Waals surface area contributed by atoms with Gasteiger partial charge in [-0.2, -0.15) is 0 Å². The van der Waals surface area contributed by atoms with E-state index in [1.807, 2.05) is 24.3 Å². The van der Waals surface area contributed by atoms with Crippen LogP contribution in [0.25, 0.3) is 11.1 Å². The highest BCUT2D eigenvalue weighted by Crippen LogP contribution is 2.44. The number of fused-ring (bicyclic) bond motifs is 3. The van der Waals surface area contributed by atoms with Crippen LogP contribution in [0.15, 0.2) is 48.5 Å². The molecule has 2 aliphatic rings. The molecule has 0 saturated heterocycles. The van der Waals surface area contributed by atoms with Crippen LogP contribution in [0.1, 0.15) is 49.1 Å². The Labute approximate surface area is 187 Å². The molecule has 2 aromatic carbocycles. The van der Waals surface area contributed by atoms with Crippen molar-refractivity contribution < 1.29 is 24.2 Å². The van der Waals surface area contributed by atoms with Gasteiger partial charge in [-0.3, -0.25) is 9.59 Å². The predicted molar refractivity (Wildman–Crippen MR) is 119 cm³/mol. The van der Waals surface area contributed by atoms with Crippen molar-refractivity contribution in [3.8, 4) is 11.1 Å². The number of ether oxygens (including phenoxy) is 1. The first-order valence-corrected chi connectivity index (χ1v) is 11.1. The SMILES string of the molecule is O=C(O)CNC(=O)CC1CCCCC1NC(=O)OCC1c2ccccc2-c2ccccc21. The van der Waals surface area contributed by atoms with Crippen LogP contribution in [0.3, 0.4) is 0 Å². The Kier molecular flexibility index (Phi) is 6.73. The number of rotatable bonds is 7. The minimum atomic E-state index is -1.07. The minimum Gasteiger partial charge on any atom is -0.480 e. The van der Waals surface area contributed by atoms with E-state index in [0.29, 0.717) is 0 Å². The van der Waals surface area contributed by atoms with Crippen LogP contribution in [0.5, 0.6) is 0 Å². The first-order chi connectivity index (χ1) is 15.5. The number of carboxylic acid groups (broad SMARTS) is 1. The van der Waals surface area contributed by atoms with Crippen molar-refractivity contribution in [1.29, 1.82) is 0 Å². The maximum Gasteiger partial charge on any atom is 0.407 e. The Bertz CT molecular complexity index is 960. The van der Waals surface area contributed by atoms with Gasteiger partial charge >= 0.3 is 12.1 Å². The number of carbonyl (C=O) groups is 3. The van der Waals surface area contributed by atoms with Gasteiger partial charge in [0.2, 0.25) is 5.91 Å². The molecule has 4 rings (SSSR count). The summed E-state index contributed by atoms with van der Waals surface area (Å²) in [5.74, 6) is -1.41. The highest BCUT2D eigenvalue weighted by Gasteiger charge is 2.31. The molecular weight excluding hydrogens is 408 g/mol. The summed E-state index contributed by atoms with van der Waals surface area (Å²) in [6, 6.07) is 16.2. The second kappa shape index (κ2) is 9.85. The molecule has 0 radical (unpaired) electrons. The maximum atomic E-state index is 12.6. The van der Waals surface area contributed by atoms with Crippen LogP contribution in [0.4, 0.5) is 4.79 Å². The number of amides is 2. The van der Waals surface area contributed by atoms with Gasteiger partial charge < -0.3 is 20.5 Å². The molecule has 2 aliphatic carbocycles. The minimum absolute atomic E-state index is 0.00269. The Balaban J connectivity index is 1.35. The van der Waals surface area contributed by atoms with E-state index in [-0.39, 0.29) is 36.8 Å². The zero-order valence-electron chi connectivity index (χ0n) is 17.9. The quantitative estimate of drug-likeness (QED) is 0.614. The van der Waals surface area contributed by atoms with Crippen LogP contribution >= 0.6 is 0 Å². The van der Waals surface area contributed by atoms with E-state index in [2.05, 4.69) is 34.9 Å². The van der Waals surface area contributed by atoms with E-state index in [1.54, 1.807) is 0 Å². The second-order valence-corrected chi connectivity index (χ2v) is 8.50. The molecule has 0 heterocycles. The van der Waals surface area contributed by atoms with Gasteiger partial charge in [-0.1, -0.05) is 61.4 Å². The fraction of sp³-hybridized carbons (Fsp3) is 0.400. The van der Waals surface area contributed by atoms with Gasteiger partial charge in [-0.25, -0.2) is 4.79 Å². The lowest BCUT2D eigenvalue weighted by Gasteiger charge is -2.31. The molecule has 1 saturated carbocycles. The zero-order valence-corrected chi connectivity index (χ0v) is 17.9. The lowest BCUT2D eigenvalue weighted by molar-refractivity contribution is -0.138. The third-order valence-electron chi connectivity index (χ3n) is 6.44. The Morgan fingerprint density at radius 1 is 0.938 bits per heavy atom. The molecule has 1 fully saturated rings. The van der Waals surface area contributed by atoms with E-state index in [1.165, 1.54) is 11.1 Å². The molecule has 2 amide bonds. The molecule has 168 valence electrons. The number of carbonyl (C=O) groups excluding carboxylic acids is 2. The van der Waals surface area contributed by atoms with Crippen molar-refractivity contribution in [1.82, 2.24) is 10.6 Å². The topological polar surface area (TPSA) is 105 Å². The van der Waals surface area contributed by atoms with E-state index < -0.39 is 18.6 Å². The summed E-state index contributed by atoms with van der Waals surface area (Å²) in [7, 11) is 0. The molecular formula is C25H28N2O5. The van der Waals surface area contributed by atoms with E-state index in [4.69, 9.17) is 9.84 Å². The standard InChI is InChI=1S/C25H28N2O5/c28-23(26-14-24(29)30)13-16-7-1-6-12-22(16)27-25(31)32-15-21-19-10-4-2-8-17(19)18-9-3-5-11-20(18)21/h2-5,8-11,16,21-22H,1,6-7,12-15H2,(H,26,28)(H,27,31)(H,29,30). The molecule has 0 spiro atoms. The molecule has 0 aromatic heterocycles. The zero-order chi connectivity index (χ0) is 22.5. The number of hydrogen-bond donors (Lipinski definition) is 3. The van der Waals surface area contributed by atoms with E-state index in [9.17, 15) is 14.4 Å². The van der Waals surface area contributed by atoms with Crippen molar-refractivity contribution >= 4 is 18.0 Å². The summed E-state index contributed by atoms with van der Waals surface area (Å²) in [4.78, 5) is 35.3. The summed E-state index contributed by atoms with van der Waals surface area (Å²) in [6.45, 7) is -0.146. The normalized spacial score (nSPS) is 19.5. The third-order valence-corrected chi connectivity index (χ3v) is 6.44. The Morgan fingerprint density at radius 2 is 1.56 bits per heavy atom. The lowest BCUT2D eigenvalue weighted by Crippen LogP contribution is -2.44. The number of carboxylic acids is 1. The van der Waals surface area contributed by atoms with Gasteiger partial charge in [-0.15, -0.1) is 0 Å². The number of aliphatic carboxylic acids is 1. The molecule has 3 N–H and O–H groups in total. The van der Waals surface area contributed by atoms with Crippen molar-refractivity contribution in [3.63, 3.8) is 0 Å². The first-order valence-electron chi connectivity index (χ1n) is 11.1. The molecule has 7 nitrogen and oxygen atoms in total. The molecule has 2 unspecified atom stereocenters. The van der Waals surface area contributed by atoms with Crippen LogP contribution in [-0.2, 0) is 14.3 Å². The van der Waals surface area contributed by atoms with Crippen LogP contribution in [0.2, 0.25) is 0 Å². The molecule has 2 aromatic rings. The summed E-state index contributed by atoms with van der Waals surface area (Å²) in [5.41, 5.74) is 4.67. The van der Waals surface area contributed by atoms with Gasteiger partial charge in [0.05, 0.1) is 0 Å². The van der Waals surface area contributed by atoms with Crippen LogP contribution < -0.4 is 10.6 Å². The molecule has 0 bridgehead atoms. The van der Waals surface area contributed by atoms with E-state index in [0.717, 1.165) is 36.8 Å². The number of benzene rings is 2. The summed E-state index contributed by atoms with van der Waals surface area (Å²) in [5, 5.41) is 14.1. The highest BCUT2D eigenvalue weighted by molar-refractivity contribution is 5.81. The van der Waals surface area contributed by atoms with Crippen molar-refractivity contribution in [2.24, 2.45) is 5.92 Å². The van der Waals surface area contributed by atoms with Crippen LogP contribution in [0, 0.1) is 5.92 Å². The summed E-state index contributed by atoms with van der Waals surface area (Å²) in [6.07, 6.45) is 3.27. The smallest absolute Gasteiger partial charge is 0.407 e. The average molecular weight is 437 g/mol. The fourth-order valence-corrected chi connectivity index (χ4v) is 4.92. The van der Waals surface area contributed by atoms with Gasteiger partial charge in [0.1, 0.15) is 13.2 Å². The Morgan fingerprint density at radius 3 is 2.22 bits per heavy atom. The van der Waals surface area contributed by atoms with Crippen LogP contribution in [-0.4, -0.2) is 42.3 Å². The second-order valence-electron chi connectivity index (χ2n) is 8.50. The van der Waals surface area contributed by atoms with Gasteiger partial charge in [0, 0.05) is 18.4 Å². The monoisotopic (exact) mass is 436 g/mol. The molecule has 0 aliphatic heterocycles. The largest absolute Gasteiger partial charge is 0.480 e. The predicted octanol–water partition coefficient (Wildman–Crippen LogP) is 3.67. The molecule has 32 heavy (non-hydrogen) atoms. The summed E-state index contributed by atoms with van der Waals surface area (Å²) < 4.78 is 5.65. The Hall–Kier alpha value is -3.35. The van der Waals surface area contributed by atoms with Crippen molar-refractivity contribution in [3.05, 3.63) is 59.7 Å². The number of hydrogen-bond acceptors (Lipinski definition) is 4. The average Bonchev–Trinajstić information content (AvgIpc) is 3.11. The molecule has 2 atom stereocenters. The third kappa shape index (κ3) is 4.93. The van der Waals surface area contributed by atoms with Gasteiger partial charge in [0.25, 0.3) is 0 Å². The van der Waals surface area contributed by atoms with E-state index >= 15 is 0 Å². The molecule has 7 heteroatoms. The van der Waals surface area contributed by atoms with Gasteiger partial charge in [0.15, 0.2) is 0 Å².